The van der Waals surface area contributed by atoms with Crippen molar-refractivity contribution in [1.29, 1.82) is 0 Å². The van der Waals surface area contributed by atoms with Gasteiger partial charge in [0.15, 0.2) is 0 Å². The Morgan fingerprint density at radius 2 is 1.34 bits per heavy atom. The maximum atomic E-state index is 13.1. The van der Waals surface area contributed by atoms with Crippen molar-refractivity contribution in [2.75, 3.05) is 13.6 Å². The van der Waals surface area contributed by atoms with Gasteiger partial charge in [0.2, 0.25) is 17.7 Å². The lowest BCUT2D eigenvalue weighted by atomic mass is 9.85. The standard InChI is InChI=1S/C24H24N2O3/c1-25(22(17-10-4-2-5-11-17)18-12-6-3-7-13-18)21(27)16-26-23(28)19-14-8-9-15-20(19)24(26)29/h2-13,19-20,22H,14-16H2,1H3/t19-,20-/m1/s1. The summed E-state index contributed by atoms with van der Waals surface area (Å²) in [7, 11) is 1.73. The Morgan fingerprint density at radius 3 is 1.79 bits per heavy atom. The van der Waals surface area contributed by atoms with E-state index >= 15 is 0 Å². The number of rotatable bonds is 5. The van der Waals surface area contributed by atoms with Crippen molar-refractivity contribution in [3.8, 4) is 0 Å². The first-order valence-corrected chi connectivity index (χ1v) is 9.93. The first-order chi connectivity index (χ1) is 14.1. The summed E-state index contributed by atoms with van der Waals surface area (Å²) in [5, 5.41) is 0. The normalized spacial score (nSPS) is 20.8. The summed E-state index contributed by atoms with van der Waals surface area (Å²) in [5.74, 6) is -1.32. The van der Waals surface area contributed by atoms with Crippen molar-refractivity contribution < 1.29 is 14.4 Å². The number of imide groups is 1. The number of amides is 3. The molecular weight excluding hydrogens is 364 g/mol. The summed E-state index contributed by atoms with van der Waals surface area (Å²) in [6.45, 7) is -0.211. The van der Waals surface area contributed by atoms with Gasteiger partial charge in [-0.25, -0.2) is 0 Å². The number of likely N-dealkylation sites (N-methyl/N-ethyl adjacent to an activating group) is 1. The highest BCUT2D eigenvalue weighted by molar-refractivity contribution is 6.07. The Bertz CT molecular complexity index is 874. The van der Waals surface area contributed by atoms with Crippen LogP contribution in [-0.4, -0.2) is 41.1 Å². The zero-order valence-corrected chi connectivity index (χ0v) is 16.4. The van der Waals surface area contributed by atoms with E-state index in [9.17, 15) is 14.4 Å². The number of likely N-dealkylation sites (tertiary alicyclic amines) is 1. The van der Waals surface area contributed by atoms with E-state index in [1.165, 1.54) is 0 Å². The Morgan fingerprint density at radius 1 is 0.897 bits per heavy atom. The third-order valence-electron chi connectivity index (χ3n) is 5.90. The summed E-state index contributed by atoms with van der Waals surface area (Å²) < 4.78 is 0. The summed E-state index contributed by atoms with van der Waals surface area (Å²) in [6, 6.07) is 19.3. The van der Waals surface area contributed by atoms with Crippen LogP contribution in [0.25, 0.3) is 0 Å². The van der Waals surface area contributed by atoms with E-state index < -0.39 is 0 Å². The van der Waals surface area contributed by atoms with Gasteiger partial charge in [-0.15, -0.1) is 0 Å². The monoisotopic (exact) mass is 388 g/mol. The number of carbonyl (C=O) groups is 3. The van der Waals surface area contributed by atoms with E-state index in [1.54, 1.807) is 11.9 Å². The molecule has 5 heteroatoms. The molecule has 0 saturated carbocycles. The van der Waals surface area contributed by atoms with Gasteiger partial charge in [-0.2, -0.15) is 0 Å². The molecule has 0 spiro atoms. The van der Waals surface area contributed by atoms with Crippen molar-refractivity contribution in [3.63, 3.8) is 0 Å². The Hall–Kier alpha value is -3.21. The molecule has 1 heterocycles. The molecular formula is C24H24N2O3. The highest BCUT2D eigenvalue weighted by Gasteiger charge is 2.48. The third kappa shape index (κ3) is 3.60. The fourth-order valence-electron chi connectivity index (χ4n) is 4.33. The molecule has 0 aromatic heterocycles. The van der Waals surface area contributed by atoms with Crippen LogP contribution in [0.3, 0.4) is 0 Å². The number of fused-ring (bicyclic) bond motifs is 1. The van der Waals surface area contributed by atoms with E-state index in [1.807, 2.05) is 72.8 Å². The van der Waals surface area contributed by atoms with Gasteiger partial charge < -0.3 is 4.90 Å². The van der Waals surface area contributed by atoms with Crippen LogP contribution in [0.1, 0.15) is 30.0 Å². The van der Waals surface area contributed by atoms with Gasteiger partial charge in [0.25, 0.3) is 0 Å². The van der Waals surface area contributed by atoms with Crippen molar-refractivity contribution >= 4 is 17.7 Å². The Kier molecular flexibility index (Phi) is 5.30. The minimum atomic E-state index is -0.315. The average Bonchev–Trinajstić information content (AvgIpc) is 3.00. The van der Waals surface area contributed by atoms with Gasteiger partial charge in [-0.05, 0) is 24.0 Å². The average molecular weight is 388 g/mol. The maximum Gasteiger partial charge on any atom is 0.243 e. The molecule has 29 heavy (non-hydrogen) atoms. The Balaban J connectivity index is 1.57. The molecule has 4 rings (SSSR count). The largest absolute Gasteiger partial charge is 0.333 e. The van der Waals surface area contributed by atoms with Crippen molar-refractivity contribution in [3.05, 3.63) is 83.9 Å². The summed E-state index contributed by atoms with van der Waals surface area (Å²) in [5.41, 5.74) is 1.96. The van der Waals surface area contributed by atoms with Crippen molar-refractivity contribution in [2.24, 2.45) is 11.8 Å². The van der Waals surface area contributed by atoms with E-state index in [0.717, 1.165) is 16.0 Å². The molecule has 0 radical (unpaired) electrons. The zero-order chi connectivity index (χ0) is 20.4. The fraction of sp³-hybridized carbons (Fsp3) is 0.292. The van der Waals surface area contributed by atoms with Gasteiger partial charge >= 0.3 is 0 Å². The van der Waals surface area contributed by atoms with Crippen LogP contribution in [0.2, 0.25) is 0 Å². The molecule has 148 valence electrons. The summed E-state index contributed by atoms with van der Waals surface area (Å²) in [4.78, 5) is 41.4. The van der Waals surface area contributed by atoms with Crippen LogP contribution in [0.4, 0.5) is 0 Å². The van der Waals surface area contributed by atoms with Crippen LogP contribution in [-0.2, 0) is 14.4 Å². The van der Waals surface area contributed by atoms with Crippen LogP contribution in [0.5, 0.6) is 0 Å². The molecule has 1 aliphatic heterocycles. The maximum absolute atomic E-state index is 13.1. The van der Waals surface area contributed by atoms with E-state index in [2.05, 4.69) is 0 Å². The number of nitrogens with zero attached hydrogens (tertiary/aromatic N) is 2. The first kappa shape index (κ1) is 19.1. The SMILES string of the molecule is CN(C(=O)CN1C(=O)[C@@H]2CC=CC[C@H]2C1=O)C(c1ccccc1)c1ccccc1. The van der Waals surface area contributed by atoms with E-state index in [0.29, 0.717) is 12.8 Å². The molecule has 0 bridgehead atoms. The highest BCUT2D eigenvalue weighted by Crippen LogP contribution is 2.35. The second-order valence-corrected chi connectivity index (χ2v) is 7.65. The van der Waals surface area contributed by atoms with E-state index in [4.69, 9.17) is 0 Å². The lowest BCUT2D eigenvalue weighted by Gasteiger charge is -2.30. The van der Waals surface area contributed by atoms with Gasteiger partial charge in [-0.3, -0.25) is 19.3 Å². The first-order valence-electron chi connectivity index (χ1n) is 9.93. The number of allylic oxidation sites excluding steroid dienone is 2. The van der Waals surface area contributed by atoms with Crippen LogP contribution in [0.15, 0.2) is 72.8 Å². The van der Waals surface area contributed by atoms with Crippen molar-refractivity contribution in [2.45, 2.75) is 18.9 Å². The molecule has 2 atom stereocenters. The Labute approximate surface area is 170 Å². The summed E-state index contributed by atoms with van der Waals surface area (Å²) >= 11 is 0. The molecule has 1 aliphatic carbocycles. The number of hydrogen-bond acceptors (Lipinski definition) is 3. The van der Waals surface area contributed by atoms with Crippen LogP contribution < -0.4 is 0 Å². The molecule has 5 nitrogen and oxygen atoms in total. The number of carbonyl (C=O) groups excluding carboxylic acids is 3. The molecule has 1 fully saturated rings. The molecule has 2 aromatic rings. The molecule has 2 aliphatic rings. The second kappa shape index (κ2) is 8.03. The molecule has 1 saturated heterocycles. The van der Waals surface area contributed by atoms with Gasteiger partial charge in [0.05, 0.1) is 17.9 Å². The summed E-state index contributed by atoms with van der Waals surface area (Å²) in [6.07, 6.45) is 5.05. The highest BCUT2D eigenvalue weighted by atomic mass is 16.2. The van der Waals surface area contributed by atoms with Gasteiger partial charge in [0.1, 0.15) is 6.54 Å². The predicted octanol–water partition coefficient (Wildman–Crippen LogP) is 3.19. The van der Waals surface area contributed by atoms with Gasteiger partial charge in [0, 0.05) is 7.05 Å². The quantitative estimate of drug-likeness (QED) is 0.584. The smallest absolute Gasteiger partial charge is 0.243 e. The predicted molar refractivity (Wildman–Crippen MR) is 110 cm³/mol. The molecule has 0 unspecified atom stereocenters. The number of benzene rings is 2. The minimum Gasteiger partial charge on any atom is -0.333 e. The van der Waals surface area contributed by atoms with Gasteiger partial charge in [-0.1, -0.05) is 72.8 Å². The molecule has 2 aromatic carbocycles. The zero-order valence-electron chi connectivity index (χ0n) is 16.4. The van der Waals surface area contributed by atoms with Crippen LogP contribution in [0, 0.1) is 11.8 Å². The second-order valence-electron chi connectivity index (χ2n) is 7.65. The van der Waals surface area contributed by atoms with Crippen molar-refractivity contribution in [1.82, 2.24) is 9.80 Å². The topological polar surface area (TPSA) is 57.7 Å². The lowest BCUT2D eigenvalue weighted by molar-refractivity contribution is -0.146. The van der Waals surface area contributed by atoms with E-state index in [-0.39, 0.29) is 42.1 Å². The lowest BCUT2D eigenvalue weighted by Crippen LogP contribution is -2.43. The minimum absolute atomic E-state index is 0.211. The third-order valence-corrected chi connectivity index (χ3v) is 5.90. The number of hydrogen-bond donors (Lipinski definition) is 0. The fourth-order valence-corrected chi connectivity index (χ4v) is 4.33. The molecule has 0 N–H and O–H groups in total. The van der Waals surface area contributed by atoms with Crippen LogP contribution >= 0.6 is 0 Å². The molecule has 3 amide bonds.